The molecule has 1 aromatic rings. The molecule has 138 valence electrons. The van der Waals surface area contributed by atoms with Crippen molar-refractivity contribution >= 4 is 21.7 Å². The molecule has 0 aromatic heterocycles. The fourth-order valence-corrected chi connectivity index (χ4v) is 4.27. The molecule has 0 unspecified atom stereocenters. The lowest BCUT2D eigenvalue weighted by molar-refractivity contribution is -0.390. The van der Waals surface area contributed by atoms with Gasteiger partial charge in [0.25, 0.3) is 0 Å². The minimum atomic E-state index is -4.26. The zero-order valence-electron chi connectivity index (χ0n) is 13.4. The summed E-state index contributed by atoms with van der Waals surface area (Å²) in [4.78, 5) is 21.7. The Hall–Kier alpha value is -2.11. The summed E-state index contributed by atoms with van der Waals surface area (Å²) in [5.74, 6) is -2.20. The minimum Gasteiger partial charge on any atom is -0.480 e. The third-order valence-corrected chi connectivity index (χ3v) is 5.67. The maximum absolute atomic E-state index is 13.6. The van der Waals surface area contributed by atoms with Gasteiger partial charge in [-0.3, -0.25) is 19.8 Å². The van der Waals surface area contributed by atoms with Crippen LogP contribution in [0.1, 0.15) is 19.8 Å². The van der Waals surface area contributed by atoms with Crippen molar-refractivity contribution < 1.29 is 27.6 Å². The number of likely N-dealkylation sites (N-methyl/N-ethyl adjacent to an activating group) is 1. The smallest absolute Gasteiger partial charge is 0.324 e. The van der Waals surface area contributed by atoms with E-state index in [2.05, 4.69) is 4.72 Å². The van der Waals surface area contributed by atoms with Crippen LogP contribution in [0.3, 0.4) is 0 Å². The molecule has 2 N–H and O–H groups in total. The molecule has 1 fully saturated rings. The summed E-state index contributed by atoms with van der Waals surface area (Å²) in [5, 5.41) is 19.8. The van der Waals surface area contributed by atoms with E-state index >= 15 is 0 Å². The second kappa shape index (κ2) is 7.42. The Labute approximate surface area is 143 Å². The number of hydrogen-bond donors (Lipinski definition) is 2. The Balaban J connectivity index is 2.09. The maximum atomic E-state index is 13.6. The van der Waals surface area contributed by atoms with Crippen molar-refractivity contribution in [2.24, 2.45) is 0 Å². The number of benzene rings is 1. The molecule has 0 atom stereocenters. The summed E-state index contributed by atoms with van der Waals surface area (Å²) in [6.45, 7) is 2.17. The molecule has 1 aromatic carbocycles. The molecule has 2 rings (SSSR count). The van der Waals surface area contributed by atoms with E-state index in [4.69, 9.17) is 5.11 Å². The van der Waals surface area contributed by atoms with Gasteiger partial charge in [-0.1, -0.05) is 13.0 Å². The Morgan fingerprint density at radius 1 is 1.48 bits per heavy atom. The molecule has 25 heavy (non-hydrogen) atoms. The summed E-state index contributed by atoms with van der Waals surface area (Å²) in [6, 6.07) is 2.31. The van der Waals surface area contributed by atoms with Gasteiger partial charge in [-0.15, -0.1) is 0 Å². The van der Waals surface area contributed by atoms with Crippen molar-refractivity contribution in [3.05, 3.63) is 34.1 Å². The highest BCUT2D eigenvalue weighted by molar-refractivity contribution is 7.89. The highest BCUT2D eigenvalue weighted by atomic mass is 32.2. The van der Waals surface area contributed by atoms with E-state index in [0.29, 0.717) is 19.4 Å². The summed E-state index contributed by atoms with van der Waals surface area (Å²) in [7, 11) is -4.26. The first kappa shape index (κ1) is 19.2. The van der Waals surface area contributed by atoms with Gasteiger partial charge >= 0.3 is 11.7 Å². The van der Waals surface area contributed by atoms with E-state index in [1.54, 1.807) is 11.8 Å². The first-order valence-corrected chi connectivity index (χ1v) is 9.05. The zero-order chi connectivity index (χ0) is 18.8. The first-order valence-electron chi connectivity index (χ1n) is 7.56. The quantitative estimate of drug-likeness (QED) is 0.511. The van der Waals surface area contributed by atoms with E-state index in [1.165, 1.54) is 0 Å². The molecular formula is C14H18FN3O6S. The lowest BCUT2D eigenvalue weighted by atomic mass is 9.86. The number of nitro benzene ring substituents is 1. The van der Waals surface area contributed by atoms with E-state index in [1.807, 2.05) is 0 Å². The standard InChI is InChI=1S/C14H18FN3O6S/c1-2-17(8-13(19)20)10-6-9(7-10)16-25(23,24)12-5-3-4-11(15)14(12)18(21)22/h3-5,9-10,16H,2,6-8H2,1H3,(H,19,20). The second-order valence-corrected chi connectivity index (χ2v) is 7.43. The van der Waals surface area contributed by atoms with E-state index in [9.17, 15) is 27.7 Å². The van der Waals surface area contributed by atoms with Crippen molar-refractivity contribution in [2.45, 2.75) is 36.7 Å². The average Bonchev–Trinajstić information content (AvgIpc) is 2.47. The van der Waals surface area contributed by atoms with Crippen LogP contribution >= 0.6 is 0 Å². The van der Waals surface area contributed by atoms with E-state index in [-0.39, 0.29) is 12.6 Å². The maximum Gasteiger partial charge on any atom is 0.324 e. The van der Waals surface area contributed by atoms with Crippen LogP contribution in [0, 0.1) is 15.9 Å². The van der Waals surface area contributed by atoms with Gasteiger partial charge in [0, 0.05) is 12.1 Å². The van der Waals surface area contributed by atoms with Gasteiger partial charge in [0.2, 0.25) is 15.8 Å². The number of nitro groups is 1. The van der Waals surface area contributed by atoms with Crippen LogP contribution in [0.15, 0.2) is 23.1 Å². The van der Waals surface area contributed by atoms with Gasteiger partial charge in [0.05, 0.1) is 11.5 Å². The van der Waals surface area contributed by atoms with Crippen molar-refractivity contribution in [1.82, 2.24) is 9.62 Å². The SMILES string of the molecule is CCN(CC(=O)O)C1CC(NS(=O)(=O)c2cccc(F)c2[N+](=O)[O-])C1. The van der Waals surface area contributed by atoms with Crippen molar-refractivity contribution in [3.63, 3.8) is 0 Å². The number of halogens is 1. The lowest BCUT2D eigenvalue weighted by Crippen LogP contribution is -2.54. The van der Waals surface area contributed by atoms with Crippen LogP contribution < -0.4 is 4.72 Å². The van der Waals surface area contributed by atoms with Crippen LogP contribution in [-0.2, 0) is 14.8 Å². The van der Waals surface area contributed by atoms with E-state index in [0.717, 1.165) is 18.2 Å². The van der Waals surface area contributed by atoms with Crippen molar-refractivity contribution in [3.8, 4) is 0 Å². The molecule has 0 amide bonds. The minimum absolute atomic E-state index is 0.0868. The number of hydrogen-bond acceptors (Lipinski definition) is 6. The number of para-hydroxylation sites is 1. The van der Waals surface area contributed by atoms with Crippen LogP contribution in [0.2, 0.25) is 0 Å². The van der Waals surface area contributed by atoms with Gasteiger partial charge in [0.15, 0.2) is 4.90 Å². The lowest BCUT2D eigenvalue weighted by Gasteiger charge is -2.42. The third kappa shape index (κ3) is 4.30. The summed E-state index contributed by atoms with van der Waals surface area (Å²) in [6.07, 6.45) is 0.757. The number of carboxylic acids is 1. The molecule has 0 heterocycles. The predicted molar refractivity (Wildman–Crippen MR) is 85.1 cm³/mol. The van der Waals surface area contributed by atoms with Gasteiger partial charge in [-0.2, -0.15) is 4.39 Å². The van der Waals surface area contributed by atoms with Gasteiger partial charge in [-0.25, -0.2) is 13.1 Å². The predicted octanol–water partition coefficient (Wildman–Crippen LogP) is 0.950. The fourth-order valence-electron chi connectivity index (χ4n) is 2.83. The molecule has 1 aliphatic rings. The number of carbonyl (C=O) groups is 1. The molecule has 0 radical (unpaired) electrons. The van der Waals surface area contributed by atoms with Gasteiger partial charge in [0.1, 0.15) is 0 Å². The number of nitrogens with zero attached hydrogens (tertiary/aromatic N) is 2. The molecule has 9 nitrogen and oxygen atoms in total. The Morgan fingerprint density at radius 2 is 2.12 bits per heavy atom. The number of nitrogens with one attached hydrogen (secondary N) is 1. The molecule has 11 heteroatoms. The second-order valence-electron chi connectivity index (χ2n) is 5.74. The zero-order valence-corrected chi connectivity index (χ0v) is 14.2. The molecule has 1 aliphatic carbocycles. The summed E-state index contributed by atoms with van der Waals surface area (Å²) in [5.41, 5.74) is -1.09. The van der Waals surface area contributed by atoms with Crippen molar-refractivity contribution in [2.75, 3.05) is 13.1 Å². The monoisotopic (exact) mass is 375 g/mol. The average molecular weight is 375 g/mol. The van der Waals surface area contributed by atoms with Crippen LogP contribution in [0.5, 0.6) is 0 Å². The molecular weight excluding hydrogens is 357 g/mol. The first-order chi connectivity index (χ1) is 11.7. The number of aliphatic carboxylic acids is 1. The fraction of sp³-hybridized carbons (Fsp3) is 0.500. The van der Waals surface area contributed by atoms with Crippen LogP contribution in [-0.4, -0.2) is 54.5 Å². The Morgan fingerprint density at radius 3 is 2.64 bits per heavy atom. The van der Waals surface area contributed by atoms with Crippen LogP contribution in [0.25, 0.3) is 0 Å². The molecule has 0 aliphatic heterocycles. The summed E-state index contributed by atoms with van der Waals surface area (Å²) >= 11 is 0. The summed E-state index contributed by atoms with van der Waals surface area (Å²) < 4.78 is 40.6. The Bertz CT molecular complexity index is 779. The van der Waals surface area contributed by atoms with Gasteiger partial charge in [-0.05, 0) is 31.5 Å². The van der Waals surface area contributed by atoms with Crippen molar-refractivity contribution in [1.29, 1.82) is 0 Å². The topological polar surface area (TPSA) is 130 Å². The van der Waals surface area contributed by atoms with E-state index < -0.39 is 43.4 Å². The normalized spacial score (nSPS) is 20.3. The molecule has 0 saturated heterocycles. The number of sulfonamides is 1. The number of carboxylic acid groups (broad SMARTS) is 1. The molecule has 0 spiro atoms. The third-order valence-electron chi connectivity index (χ3n) is 4.12. The Kier molecular flexibility index (Phi) is 5.70. The molecule has 0 bridgehead atoms. The largest absolute Gasteiger partial charge is 0.480 e. The highest BCUT2D eigenvalue weighted by Crippen LogP contribution is 2.30. The molecule has 1 saturated carbocycles. The number of rotatable bonds is 8. The van der Waals surface area contributed by atoms with Gasteiger partial charge < -0.3 is 5.11 Å². The van der Waals surface area contributed by atoms with Crippen LogP contribution in [0.4, 0.5) is 10.1 Å². The highest BCUT2D eigenvalue weighted by Gasteiger charge is 2.38.